The zero-order chi connectivity index (χ0) is 15.6. The molecule has 1 aromatic carbocycles. The minimum Gasteiger partial charge on any atom is -0.348 e. The zero-order valence-electron chi connectivity index (χ0n) is 11.4. The minimum absolute atomic E-state index is 0.177. The van der Waals surface area contributed by atoms with E-state index in [4.69, 9.17) is 0 Å². The summed E-state index contributed by atoms with van der Waals surface area (Å²) in [6.07, 6.45) is -3.82. The maximum Gasteiger partial charge on any atom is 0.416 e. The van der Waals surface area contributed by atoms with Gasteiger partial charge in [-0.25, -0.2) is 4.39 Å². The van der Waals surface area contributed by atoms with Gasteiger partial charge in [-0.1, -0.05) is 6.92 Å². The van der Waals surface area contributed by atoms with E-state index in [-0.39, 0.29) is 17.5 Å². The zero-order valence-corrected chi connectivity index (χ0v) is 11.4. The molecule has 1 aliphatic rings. The Hall–Kier alpha value is -1.63. The van der Waals surface area contributed by atoms with Gasteiger partial charge in [0.1, 0.15) is 5.82 Å². The van der Waals surface area contributed by atoms with Crippen molar-refractivity contribution < 1.29 is 22.4 Å². The van der Waals surface area contributed by atoms with Gasteiger partial charge in [0, 0.05) is 18.2 Å². The highest BCUT2D eigenvalue weighted by atomic mass is 19.4. The molecule has 0 spiro atoms. The fourth-order valence-electron chi connectivity index (χ4n) is 2.32. The van der Waals surface area contributed by atoms with Crippen molar-refractivity contribution in [2.24, 2.45) is 5.92 Å². The van der Waals surface area contributed by atoms with Crippen LogP contribution in [-0.4, -0.2) is 25.0 Å². The monoisotopic (exact) mass is 304 g/mol. The van der Waals surface area contributed by atoms with Crippen LogP contribution >= 0.6 is 0 Å². The first-order valence-corrected chi connectivity index (χ1v) is 6.67. The second-order valence-electron chi connectivity index (χ2n) is 5.28. The summed E-state index contributed by atoms with van der Waals surface area (Å²) >= 11 is 0. The fourth-order valence-corrected chi connectivity index (χ4v) is 2.32. The molecular formula is C14H16F4N2O. The van der Waals surface area contributed by atoms with Crippen LogP contribution in [0.3, 0.4) is 0 Å². The van der Waals surface area contributed by atoms with Gasteiger partial charge < -0.3 is 10.6 Å². The van der Waals surface area contributed by atoms with Gasteiger partial charge in [-0.2, -0.15) is 13.2 Å². The van der Waals surface area contributed by atoms with Crippen molar-refractivity contribution in [1.82, 2.24) is 10.6 Å². The lowest BCUT2D eigenvalue weighted by Crippen LogP contribution is -2.50. The number of carbonyl (C=O) groups excluding carboxylic acids is 1. The third-order valence-electron chi connectivity index (χ3n) is 3.63. The summed E-state index contributed by atoms with van der Waals surface area (Å²) in [7, 11) is 0. The van der Waals surface area contributed by atoms with E-state index in [0.29, 0.717) is 18.7 Å². The predicted molar refractivity (Wildman–Crippen MR) is 69.3 cm³/mol. The maximum atomic E-state index is 13.3. The predicted octanol–water partition coefficient (Wildman–Crippen LogP) is 2.57. The van der Waals surface area contributed by atoms with Crippen molar-refractivity contribution in [2.45, 2.75) is 25.6 Å². The summed E-state index contributed by atoms with van der Waals surface area (Å²) in [4.78, 5) is 12.0. The first kappa shape index (κ1) is 15.8. The maximum absolute atomic E-state index is 13.3. The van der Waals surface area contributed by atoms with Crippen LogP contribution in [0, 0.1) is 11.7 Å². The third-order valence-corrected chi connectivity index (χ3v) is 3.63. The van der Waals surface area contributed by atoms with E-state index in [0.717, 1.165) is 19.0 Å². The number of halogens is 4. The highest BCUT2D eigenvalue weighted by Gasteiger charge is 2.32. The molecule has 0 aliphatic carbocycles. The summed E-state index contributed by atoms with van der Waals surface area (Å²) in [5.41, 5.74) is -1.48. The summed E-state index contributed by atoms with van der Waals surface area (Å²) in [5.74, 6) is -1.56. The molecule has 1 amide bonds. The van der Waals surface area contributed by atoms with Crippen LogP contribution in [0.25, 0.3) is 0 Å². The molecule has 1 aliphatic heterocycles. The molecule has 2 N–H and O–H groups in total. The Morgan fingerprint density at radius 3 is 2.67 bits per heavy atom. The lowest BCUT2D eigenvalue weighted by Gasteiger charge is -2.30. The normalized spacial score (nSPS) is 22.9. The molecule has 21 heavy (non-hydrogen) atoms. The second kappa shape index (κ2) is 6.01. The average Bonchev–Trinajstić information content (AvgIpc) is 2.39. The number of hydrogen-bond acceptors (Lipinski definition) is 2. The van der Waals surface area contributed by atoms with Gasteiger partial charge in [-0.3, -0.25) is 4.79 Å². The van der Waals surface area contributed by atoms with Crippen molar-refractivity contribution in [1.29, 1.82) is 0 Å². The van der Waals surface area contributed by atoms with Crippen molar-refractivity contribution in [3.63, 3.8) is 0 Å². The Morgan fingerprint density at radius 2 is 2.05 bits per heavy atom. The highest BCUT2D eigenvalue weighted by Crippen LogP contribution is 2.30. The minimum atomic E-state index is -4.68. The largest absolute Gasteiger partial charge is 0.416 e. The molecule has 0 radical (unpaired) electrons. The molecule has 3 nitrogen and oxygen atoms in total. The summed E-state index contributed by atoms with van der Waals surface area (Å²) in [6, 6.07) is 1.68. The fraction of sp³-hybridized carbons (Fsp3) is 0.500. The van der Waals surface area contributed by atoms with E-state index in [1.165, 1.54) is 0 Å². The Morgan fingerprint density at radius 1 is 1.33 bits per heavy atom. The first-order valence-electron chi connectivity index (χ1n) is 6.67. The molecule has 116 valence electrons. The van der Waals surface area contributed by atoms with Gasteiger partial charge in [-0.05, 0) is 37.1 Å². The Kier molecular flexibility index (Phi) is 4.51. The Bertz CT molecular complexity index is 530. The Balaban J connectivity index is 2.17. The molecule has 2 rings (SSSR count). The molecule has 2 atom stereocenters. The molecule has 0 aromatic heterocycles. The first-order chi connectivity index (χ1) is 9.77. The number of nitrogens with one attached hydrogen (secondary N) is 2. The van der Waals surface area contributed by atoms with E-state index in [1.54, 1.807) is 0 Å². The standard InChI is InChI=1S/C14H16F4N2O/c1-8-2-3-19-7-12(8)20-13(21)9-4-10(14(16,17)18)6-11(15)5-9/h4-6,8,12,19H,2-3,7H2,1H3,(H,20,21). The van der Waals surface area contributed by atoms with Crippen molar-refractivity contribution in [3.8, 4) is 0 Å². The molecule has 1 saturated heterocycles. The number of hydrogen-bond donors (Lipinski definition) is 2. The second-order valence-corrected chi connectivity index (χ2v) is 5.28. The van der Waals surface area contributed by atoms with Gasteiger partial charge in [0.25, 0.3) is 5.91 Å². The summed E-state index contributed by atoms with van der Waals surface area (Å²) in [5, 5.41) is 5.76. The molecule has 0 saturated carbocycles. The van der Waals surface area contributed by atoms with Gasteiger partial charge >= 0.3 is 6.18 Å². The van der Waals surface area contributed by atoms with Crippen LogP contribution in [0.4, 0.5) is 17.6 Å². The van der Waals surface area contributed by atoms with E-state index in [1.807, 2.05) is 6.92 Å². The number of amides is 1. The number of carbonyl (C=O) groups is 1. The molecule has 7 heteroatoms. The van der Waals surface area contributed by atoms with Crippen molar-refractivity contribution in [2.75, 3.05) is 13.1 Å². The van der Waals surface area contributed by atoms with Gasteiger partial charge in [0.15, 0.2) is 0 Å². The highest BCUT2D eigenvalue weighted by molar-refractivity contribution is 5.94. The summed E-state index contributed by atoms with van der Waals surface area (Å²) < 4.78 is 51.2. The van der Waals surface area contributed by atoms with E-state index >= 15 is 0 Å². The van der Waals surface area contributed by atoms with Crippen molar-refractivity contribution >= 4 is 5.91 Å². The van der Waals surface area contributed by atoms with Crippen LogP contribution in [0.1, 0.15) is 29.3 Å². The van der Waals surface area contributed by atoms with Crippen LogP contribution in [-0.2, 0) is 6.18 Å². The quantitative estimate of drug-likeness (QED) is 0.825. The van der Waals surface area contributed by atoms with Crippen LogP contribution in [0.15, 0.2) is 18.2 Å². The SMILES string of the molecule is CC1CCNCC1NC(=O)c1cc(F)cc(C(F)(F)F)c1. The summed E-state index contributed by atoms with van der Waals surface area (Å²) in [6.45, 7) is 3.35. The van der Waals surface area contributed by atoms with E-state index in [9.17, 15) is 22.4 Å². The molecule has 1 aromatic rings. The topological polar surface area (TPSA) is 41.1 Å². The van der Waals surface area contributed by atoms with Crippen LogP contribution in [0.5, 0.6) is 0 Å². The number of benzene rings is 1. The lowest BCUT2D eigenvalue weighted by atomic mass is 9.94. The van der Waals surface area contributed by atoms with E-state index in [2.05, 4.69) is 10.6 Å². The van der Waals surface area contributed by atoms with Gasteiger partial charge in [0.2, 0.25) is 0 Å². The number of piperidine rings is 1. The van der Waals surface area contributed by atoms with Crippen LogP contribution < -0.4 is 10.6 Å². The number of alkyl halides is 3. The smallest absolute Gasteiger partial charge is 0.348 e. The molecular weight excluding hydrogens is 288 g/mol. The van der Waals surface area contributed by atoms with E-state index < -0.39 is 23.5 Å². The van der Waals surface area contributed by atoms with Crippen molar-refractivity contribution in [3.05, 3.63) is 35.1 Å². The number of rotatable bonds is 2. The molecule has 0 bridgehead atoms. The Labute approximate surface area is 119 Å². The van der Waals surface area contributed by atoms with Gasteiger partial charge in [-0.15, -0.1) is 0 Å². The molecule has 1 fully saturated rings. The average molecular weight is 304 g/mol. The van der Waals surface area contributed by atoms with Crippen LogP contribution in [0.2, 0.25) is 0 Å². The molecule has 1 heterocycles. The molecule has 2 unspecified atom stereocenters. The lowest BCUT2D eigenvalue weighted by molar-refractivity contribution is -0.137. The van der Waals surface area contributed by atoms with Gasteiger partial charge in [0.05, 0.1) is 5.56 Å². The third kappa shape index (κ3) is 3.93.